The number of amides is 1. The van der Waals surface area contributed by atoms with Crippen molar-refractivity contribution in [3.8, 4) is 0 Å². The van der Waals surface area contributed by atoms with Crippen molar-refractivity contribution in [1.29, 1.82) is 5.41 Å². The normalized spacial score (nSPS) is 17.9. The molecular formula is C13H18N4O4. The van der Waals surface area contributed by atoms with Gasteiger partial charge < -0.3 is 14.4 Å². The van der Waals surface area contributed by atoms with Crippen molar-refractivity contribution in [3.63, 3.8) is 0 Å². The second-order valence-corrected chi connectivity index (χ2v) is 4.57. The van der Waals surface area contributed by atoms with Gasteiger partial charge >= 0.3 is 12.1 Å². The van der Waals surface area contributed by atoms with E-state index >= 15 is 0 Å². The lowest BCUT2D eigenvalue weighted by Gasteiger charge is -2.18. The molecule has 0 aromatic heterocycles. The van der Waals surface area contributed by atoms with Crippen molar-refractivity contribution in [3.05, 3.63) is 11.3 Å². The maximum absolute atomic E-state index is 12.2. The molecule has 1 fully saturated rings. The molecular weight excluding hydrogens is 276 g/mol. The number of carbonyl (C=O) groups is 2. The van der Waals surface area contributed by atoms with Crippen LogP contribution in [0.1, 0.15) is 19.8 Å². The number of methoxy groups -OCH3 is 1. The van der Waals surface area contributed by atoms with E-state index in [2.05, 4.69) is 15.0 Å². The molecule has 8 nitrogen and oxygen atoms in total. The van der Waals surface area contributed by atoms with E-state index in [1.54, 1.807) is 6.92 Å². The van der Waals surface area contributed by atoms with Crippen LogP contribution in [0.5, 0.6) is 0 Å². The van der Waals surface area contributed by atoms with E-state index in [1.807, 2.05) is 4.90 Å². The third kappa shape index (κ3) is 3.04. The van der Waals surface area contributed by atoms with Gasteiger partial charge in [-0.2, -0.15) is 0 Å². The van der Waals surface area contributed by atoms with E-state index in [-0.39, 0.29) is 23.7 Å². The highest BCUT2D eigenvalue weighted by Gasteiger charge is 2.35. The standard InChI is InChI=1S/C13H18N4O4/c1-3-21-12(18)8-9(15-13(19)20-2)10(14)16-11(8)17-6-4-5-7-17/h3-7H2,1-2H3,(H2,14,15,16,19). The molecule has 2 rings (SSSR count). The quantitative estimate of drug-likeness (QED) is 0.743. The summed E-state index contributed by atoms with van der Waals surface area (Å²) in [7, 11) is 1.21. The van der Waals surface area contributed by atoms with E-state index in [0.717, 1.165) is 25.9 Å². The molecule has 1 saturated heterocycles. The summed E-state index contributed by atoms with van der Waals surface area (Å²) in [6, 6.07) is 0. The lowest BCUT2D eigenvalue weighted by molar-refractivity contribution is -0.137. The van der Waals surface area contributed by atoms with Gasteiger partial charge in [0.2, 0.25) is 0 Å². The average Bonchev–Trinajstić information content (AvgIpc) is 3.08. The van der Waals surface area contributed by atoms with Crippen LogP contribution in [0.15, 0.2) is 16.3 Å². The zero-order chi connectivity index (χ0) is 15.4. The van der Waals surface area contributed by atoms with Crippen LogP contribution in [-0.4, -0.2) is 55.4 Å². The summed E-state index contributed by atoms with van der Waals surface area (Å²) in [6.07, 6.45) is 1.25. The maximum Gasteiger partial charge on any atom is 0.411 e. The molecule has 2 aliphatic heterocycles. The third-order valence-electron chi connectivity index (χ3n) is 3.23. The van der Waals surface area contributed by atoms with Gasteiger partial charge in [0.15, 0.2) is 5.84 Å². The zero-order valence-electron chi connectivity index (χ0n) is 12.1. The van der Waals surface area contributed by atoms with E-state index in [0.29, 0.717) is 5.84 Å². The highest BCUT2D eigenvalue weighted by Crippen LogP contribution is 2.22. The summed E-state index contributed by atoms with van der Waals surface area (Å²) >= 11 is 0. The average molecular weight is 294 g/mol. The molecule has 0 spiro atoms. The predicted molar refractivity (Wildman–Crippen MR) is 75.2 cm³/mol. The number of alkyl carbamates (subject to hydrolysis) is 1. The number of nitrogens with one attached hydrogen (secondary N) is 2. The molecule has 2 aliphatic rings. The molecule has 0 bridgehead atoms. The van der Waals surface area contributed by atoms with Crippen LogP contribution in [-0.2, 0) is 14.3 Å². The number of hydrogen-bond acceptors (Lipinski definition) is 6. The number of aliphatic imine (C=N–C) groups is 1. The molecule has 0 saturated carbocycles. The van der Waals surface area contributed by atoms with Gasteiger partial charge in [-0.15, -0.1) is 0 Å². The van der Waals surface area contributed by atoms with Gasteiger partial charge in [-0.3, -0.25) is 10.7 Å². The highest BCUT2D eigenvalue weighted by atomic mass is 16.5. The Morgan fingerprint density at radius 1 is 1.38 bits per heavy atom. The van der Waals surface area contributed by atoms with E-state index in [9.17, 15) is 9.59 Å². The van der Waals surface area contributed by atoms with Crippen molar-refractivity contribution in [2.24, 2.45) is 4.99 Å². The van der Waals surface area contributed by atoms with Crippen molar-refractivity contribution >= 4 is 23.7 Å². The third-order valence-corrected chi connectivity index (χ3v) is 3.23. The molecule has 21 heavy (non-hydrogen) atoms. The van der Waals surface area contributed by atoms with Crippen LogP contribution in [0.2, 0.25) is 0 Å². The van der Waals surface area contributed by atoms with E-state index < -0.39 is 12.1 Å². The molecule has 0 aliphatic carbocycles. The second-order valence-electron chi connectivity index (χ2n) is 4.57. The lowest BCUT2D eigenvalue weighted by atomic mass is 10.2. The number of ether oxygens (including phenoxy) is 2. The van der Waals surface area contributed by atoms with Crippen LogP contribution >= 0.6 is 0 Å². The van der Waals surface area contributed by atoms with Crippen LogP contribution in [0, 0.1) is 5.41 Å². The Labute approximate surface area is 122 Å². The van der Waals surface area contributed by atoms with Gasteiger partial charge in [-0.1, -0.05) is 0 Å². The van der Waals surface area contributed by atoms with Crippen molar-refractivity contribution in [2.45, 2.75) is 19.8 Å². The van der Waals surface area contributed by atoms with Crippen LogP contribution in [0.25, 0.3) is 0 Å². The minimum absolute atomic E-state index is 0.0298. The highest BCUT2D eigenvalue weighted by molar-refractivity contribution is 6.31. The first kappa shape index (κ1) is 15.0. The van der Waals surface area contributed by atoms with Gasteiger partial charge in [0.1, 0.15) is 17.1 Å². The number of carbonyl (C=O) groups excluding carboxylic acids is 2. The number of hydrogen-bond donors (Lipinski definition) is 2. The second kappa shape index (κ2) is 6.38. The Bertz CT molecular complexity index is 532. The van der Waals surface area contributed by atoms with Crippen molar-refractivity contribution < 1.29 is 19.1 Å². The minimum Gasteiger partial charge on any atom is -0.462 e. The molecule has 2 heterocycles. The monoisotopic (exact) mass is 294 g/mol. The Balaban J connectivity index is 2.35. The smallest absolute Gasteiger partial charge is 0.411 e. The van der Waals surface area contributed by atoms with E-state index in [1.165, 1.54) is 7.11 Å². The largest absolute Gasteiger partial charge is 0.462 e. The number of nitrogens with zero attached hydrogens (tertiary/aromatic N) is 2. The van der Waals surface area contributed by atoms with Crippen LogP contribution < -0.4 is 5.32 Å². The molecule has 0 aromatic carbocycles. The SMILES string of the molecule is CCOC(=O)C1=C(NC(=O)OC)C(=N)N=C1N1CCCC1. The fourth-order valence-electron chi connectivity index (χ4n) is 2.28. The number of esters is 1. The zero-order valence-corrected chi connectivity index (χ0v) is 12.1. The summed E-state index contributed by atoms with van der Waals surface area (Å²) in [5.41, 5.74) is 0.149. The predicted octanol–water partition coefficient (Wildman–Crippen LogP) is 0.645. The van der Waals surface area contributed by atoms with Crippen molar-refractivity contribution in [2.75, 3.05) is 26.8 Å². The van der Waals surface area contributed by atoms with Gasteiger partial charge in [0, 0.05) is 13.1 Å². The molecule has 8 heteroatoms. The van der Waals surface area contributed by atoms with Gasteiger partial charge in [-0.25, -0.2) is 14.6 Å². The van der Waals surface area contributed by atoms with Crippen LogP contribution in [0.3, 0.4) is 0 Å². The fourth-order valence-corrected chi connectivity index (χ4v) is 2.28. The molecule has 0 radical (unpaired) electrons. The molecule has 0 aromatic rings. The Morgan fingerprint density at radius 3 is 2.62 bits per heavy atom. The fraction of sp³-hybridized carbons (Fsp3) is 0.538. The topological polar surface area (TPSA) is 104 Å². The summed E-state index contributed by atoms with van der Waals surface area (Å²) in [4.78, 5) is 29.6. The molecule has 1 amide bonds. The molecule has 2 N–H and O–H groups in total. The number of likely N-dealkylation sites (tertiary alicyclic amines) is 1. The summed E-state index contributed by atoms with van der Waals surface area (Å²) in [6.45, 7) is 3.42. The molecule has 0 atom stereocenters. The van der Waals surface area contributed by atoms with Gasteiger partial charge in [-0.05, 0) is 19.8 Å². The van der Waals surface area contributed by atoms with Gasteiger partial charge in [0.25, 0.3) is 0 Å². The summed E-state index contributed by atoms with van der Waals surface area (Å²) in [5.74, 6) is -0.385. The van der Waals surface area contributed by atoms with Gasteiger partial charge in [0.05, 0.1) is 13.7 Å². The molecule has 114 valence electrons. The first-order valence-electron chi connectivity index (χ1n) is 6.77. The first-order valence-corrected chi connectivity index (χ1v) is 6.77. The minimum atomic E-state index is -0.755. The number of rotatable bonds is 3. The van der Waals surface area contributed by atoms with E-state index in [4.69, 9.17) is 10.1 Å². The maximum atomic E-state index is 12.2. The summed E-state index contributed by atoms with van der Waals surface area (Å²) in [5, 5.41) is 10.2. The first-order chi connectivity index (χ1) is 10.1. The Kier molecular flexibility index (Phi) is 4.56. The summed E-state index contributed by atoms with van der Waals surface area (Å²) < 4.78 is 9.53. The Hall–Kier alpha value is -2.38. The van der Waals surface area contributed by atoms with Crippen LogP contribution in [0.4, 0.5) is 4.79 Å². The molecule has 0 unspecified atom stereocenters. The Morgan fingerprint density at radius 2 is 2.05 bits per heavy atom. The lowest BCUT2D eigenvalue weighted by Crippen LogP contribution is -2.34. The number of amidine groups is 2. The van der Waals surface area contributed by atoms with Crippen molar-refractivity contribution in [1.82, 2.24) is 10.2 Å².